The Labute approximate surface area is 92.5 Å². The Kier molecular flexibility index (Phi) is 2.68. The van der Waals surface area contributed by atoms with E-state index in [0.29, 0.717) is 18.1 Å². The zero-order chi connectivity index (χ0) is 11.5. The van der Waals surface area contributed by atoms with E-state index < -0.39 is 0 Å². The summed E-state index contributed by atoms with van der Waals surface area (Å²) in [7, 11) is 1.86. The fourth-order valence-electron chi connectivity index (χ4n) is 1.32. The minimum atomic E-state index is -0.125. The number of rotatable bonds is 3. The number of imidazole rings is 1. The van der Waals surface area contributed by atoms with E-state index in [-0.39, 0.29) is 5.92 Å². The minimum absolute atomic E-state index is 0.125. The first-order valence-corrected chi connectivity index (χ1v) is 4.89. The van der Waals surface area contributed by atoms with Crippen LogP contribution in [0.15, 0.2) is 17.0 Å². The van der Waals surface area contributed by atoms with Crippen molar-refractivity contribution in [1.82, 2.24) is 19.7 Å². The summed E-state index contributed by atoms with van der Waals surface area (Å²) in [4.78, 5) is 8.19. The molecule has 0 amide bonds. The predicted molar refractivity (Wildman–Crippen MR) is 55.0 cm³/mol. The van der Waals surface area contributed by atoms with Crippen molar-refractivity contribution in [3.8, 4) is 17.6 Å². The average molecular weight is 217 g/mol. The predicted octanol–water partition coefficient (Wildman–Crippen LogP) is 1.17. The van der Waals surface area contributed by atoms with E-state index >= 15 is 0 Å². The molecule has 0 bridgehead atoms. The quantitative estimate of drug-likeness (QED) is 0.770. The molecule has 0 aliphatic carbocycles. The van der Waals surface area contributed by atoms with E-state index in [0.717, 1.165) is 5.69 Å². The standard InChI is InChI=1S/C10H11N5O/c1-7(4-11)3-9-13-10(14-16-9)8-5-12-6-15(8)2/h5-7H,3H2,1-2H3. The van der Waals surface area contributed by atoms with Gasteiger partial charge in [-0.2, -0.15) is 10.2 Å². The lowest BCUT2D eigenvalue weighted by atomic mass is 10.1. The third-order valence-corrected chi connectivity index (χ3v) is 2.22. The van der Waals surface area contributed by atoms with Crippen molar-refractivity contribution in [1.29, 1.82) is 5.26 Å². The van der Waals surface area contributed by atoms with Crippen molar-refractivity contribution in [2.45, 2.75) is 13.3 Å². The van der Waals surface area contributed by atoms with Crippen molar-refractivity contribution in [2.75, 3.05) is 0 Å². The van der Waals surface area contributed by atoms with Crippen LogP contribution >= 0.6 is 0 Å². The van der Waals surface area contributed by atoms with Crippen LogP contribution in [0, 0.1) is 17.2 Å². The summed E-state index contributed by atoms with van der Waals surface area (Å²) >= 11 is 0. The van der Waals surface area contributed by atoms with Gasteiger partial charge in [-0.25, -0.2) is 4.98 Å². The van der Waals surface area contributed by atoms with Gasteiger partial charge in [0.25, 0.3) is 0 Å². The van der Waals surface area contributed by atoms with Gasteiger partial charge in [0.2, 0.25) is 11.7 Å². The van der Waals surface area contributed by atoms with Gasteiger partial charge in [-0.1, -0.05) is 5.16 Å². The maximum absolute atomic E-state index is 8.68. The largest absolute Gasteiger partial charge is 0.339 e. The molecular formula is C10H11N5O. The van der Waals surface area contributed by atoms with Crippen LogP contribution in [-0.4, -0.2) is 19.7 Å². The molecule has 0 aliphatic rings. The summed E-state index contributed by atoms with van der Waals surface area (Å²) in [5.41, 5.74) is 0.791. The topological polar surface area (TPSA) is 80.5 Å². The molecule has 2 rings (SSSR count). The summed E-state index contributed by atoms with van der Waals surface area (Å²) in [5.74, 6) is 0.852. The van der Waals surface area contributed by atoms with Crippen molar-refractivity contribution in [2.24, 2.45) is 13.0 Å². The average Bonchev–Trinajstić information content (AvgIpc) is 2.86. The summed E-state index contributed by atoms with van der Waals surface area (Å²) in [6.07, 6.45) is 3.81. The van der Waals surface area contributed by atoms with Gasteiger partial charge < -0.3 is 9.09 Å². The molecule has 2 aromatic heterocycles. The highest BCUT2D eigenvalue weighted by atomic mass is 16.5. The Balaban J connectivity index is 2.21. The third kappa shape index (κ3) is 1.93. The number of hydrogen-bond acceptors (Lipinski definition) is 5. The first-order chi connectivity index (χ1) is 7.70. The first-order valence-electron chi connectivity index (χ1n) is 4.89. The molecule has 6 nitrogen and oxygen atoms in total. The smallest absolute Gasteiger partial charge is 0.228 e. The number of nitrogens with zero attached hydrogens (tertiary/aromatic N) is 5. The second kappa shape index (κ2) is 4.14. The monoisotopic (exact) mass is 217 g/mol. The summed E-state index contributed by atoms with van der Waals surface area (Å²) in [5, 5.41) is 12.5. The fourth-order valence-corrected chi connectivity index (χ4v) is 1.32. The summed E-state index contributed by atoms with van der Waals surface area (Å²) in [6, 6.07) is 2.12. The number of nitriles is 1. The molecule has 1 unspecified atom stereocenters. The first kappa shape index (κ1) is 10.4. The Hall–Kier alpha value is -2.16. The van der Waals surface area contributed by atoms with Gasteiger partial charge in [0.15, 0.2) is 0 Å². The van der Waals surface area contributed by atoms with Crippen molar-refractivity contribution < 1.29 is 4.52 Å². The lowest BCUT2D eigenvalue weighted by Crippen LogP contribution is -1.96. The van der Waals surface area contributed by atoms with Crippen LogP contribution in [0.3, 0.4) is 0 Å². The fraction of sp³-hybridized carbons (Fsp3) is 0.400. The Bertz CT molecular complexity index is 521. The van der Waals surface area contributed by atoms with Crippen LogP contribution in [0.4, 0.5) is 0 Å². The number of hydrogen-bond donors (Lipinski definition) is 0. The molecule has 0 spiro atoms. The van der Waals surface area contributed by atoms with Crippen LogP contribution in [0.25, 0.3) is 11.5 Å². The van der Waals surface area contributed by atoms with Gasteiger partial charge in [0.1, 0.15) is 5.69 Å². The summed E-state index contributed by atoms with van der Waals surface area (Å²) in [6.45, 7) is 1.81. The maximum atomic E-state index is 8.68. The summed E-state index contributed by atoms with van der Waals surface area (Å²) < 4.78 is 6.87. The van der Waals surface area contributed by atoms with Crippen LogP contribution in [0.2, 0.25) is 0 Å². The highest BCUT2D eigenvalue weighted by Gasteiger charge is 2.13. The molecule has 0 fully saturated rings. The number of aromatic nitrogens is 4. The normalized spacial score (nSPS) is 12.3. The van der Waals surface area contributed by atoms with E-state index in [1.807, 2.05) is 18.5 Å². The van der Waals surface area contributed by atoms with Crippen molar-refractivity contribution >= 4 is 0 Å². The zero-order valence-electron chi connectivity index (χ0n) is 9.08. The number of aryl methyl sites for hydroxylation is 1. The minimum Gasteiger partial charge on any atom is -0.339 e. The van der Waals surface area contributed by atoms with Crippen LogP contribution in [0.1, 0.15) is 12.8 Å². The molecular weight excluding hydrogens is 206 g/mol. The molecule has 2 heterocycles. The molecule has 0 saturated carbocycles. The SMILES string of the molecule is CC(C#N)Cc1nc(-c2cncn2C)no1. The molecule has 0 N–H and O–H groups in total. The van der Waals surface area contributed by atoms with Gasteiger partial charge in [-0.3, -0.25) is 0 Å². The molecule has 2 aromatic rings. The Morgan fingerprint density at radius 2 is 2.44 bits per heavy atom. The highest BCUT2D eigenvalue weighted by molar-refractivity contribution is 5.46. The van der Waals surface area contributed by atoms with E-state index in [1.165, 1.54) is 0 Å². The van der Waals surface area contributed by atoms with Gasteiger partial charge in [0, 0.05) is 13.5 Å². The molecule has 0 saturated heterocycles. The molecule has 82 valence electrons. The Morgan fingerprint density at radius 3 is 3.06 bits per heavy atom. The van der Waals surface area contributed by atoms with Gasteiger partial charge in [-0.05, 0) is 6.92 Å². The van der Waals surface area contributed by atoms with Gasteiger partial charge >= 0.3 is 0 Å². The zero-order valence-corrected chi connectivity index (χ0v) is 9.08. The molecule has 1 atom stereocenters. The van der Waals surface area contributed by atoms with Crippen LogP contribution < -0.4 is 0 Å². The van der Waals surface area contributed by atoms with Crippen LogP contribution in [0.5, 0.6) is 0 Å². The van der Waals surface area contributed by atoms with E-state index in [4.69, 9.17) is 9.78 Å². The Morgan fingerprint density at radius 1 is 1.62 bits per heavy atom. The van der Waals surface area contributed by atoms with E-state index in [2.05, 4.69) is 21.2 Å². The second-order valence-electron chi connectivity index (χ2n) is 3.64. The van der Waals surface area contributed by atoms with Gasteiger partial charge in [-0.15, -0.1) is 0 Å². The molecule has 0 aliphatic heterocycles. The third-order valence-electron chi connectivity index (χ3n) is 2.22. The lowest BCUT2D eigenvalue weighted by Gasteiger charge is -1.94. The van der Waals surface area contributed by atoms with E-state index in [9.17, 15) is 0 Å². The second-order valence-corrected chi connectivity index (χ2v) is 3.64. The van der Waals surface area contributed by atoms with Crippen molar-refractivity contribution in [3.63, 3.8) is 0 Å². The molecule has 6 heteroatoms. The van der Waals surface area contributed by atoms with E-state index in [1.54, 1.807) is 12.5 Å². The maximum Gasteiger partial charge on any atom is 0.228 e. The van der Waals surface area contributed by atoms with Crippen molar-refractivity contribution in [3.05, 3.63) is 18.4 Å². The lowest BCUT2D eigenvalue weighted by molar-refractivity contribution is 0.369. The molecule has 0 radical (unpaired) electrons. The van der Waals surface area contributed by atoms with Crippen LogP contribution in [-0.2, 0) is 13.5 Å². The van der Waals surface area contributed by atoms with Gasteiger partial charge in [0.05, 0.1) is 24.5 Å². The molecule has 16 heavy (non-hydrogen) atoms. The molecule has 0 aromatic carbocycles. The highest BCUT2D eigenvalue weighted by Crippen LogP contribution is 2.15.